The van der Waals surface area contributed by atoms with Crippen molar-refractivity contribution in [2.24, 2.45) is 5.92 Å². The van der Waals surface area contributed by atoms with Gasteiger partial charge >= 0.3 is 30.0 Å². The standard InChI is InChI=1S/C24H29F9N2O/c1-4-5-7-10-17(13-14-21(25,26)22(27,28)23(29,30)24(31,32)33)15-35-19(16(2)34(3)20(35)36)18-11-8-6-9-12-18/h4,6,8-9,11-12,16-17,19H,1,5,7,10,13-15H2,2-3H3/t16-,17+,19-/m0/s1. The lowest BCUT2D eigenvalue weighted by Gasteiger charge is -2.35. The Bertz CT molecular complexity index is 889. The quantitative estimate of drug-likeness (QED) is 0.154. The number of likely N-dealkylation sites (N-methyl/N-ethyl adjacent to an activating group) is 1. The van der Waals surface area contributed by atoms with E-state index in [0.29, 0.717) is 12.8 Å². The third kappa shape index (κ3) is 5.77. The second-order valence-electron chi connectivity index (χ2n) is 9.12. The number of allylic oxidation sites excluding steroid dienone is 1. The van der Waals surface area contributed by atoms with Gasteiger partial charge in [-0.05, 0) is 44.1 Å². The first-order chi connectivity index (χ1) is 16.5. The second kappa shape index (κ2) is 10.9. The molecule has 1 aliphatic rings. The Morgan fingerprint density at radius 3 is 2.08 bits per heavy atom. The maximum Gasteiger partial charge on any atom is 0.460 e. The van der Waals surface area contributed by atoms with E-state index in [4.69, 9.17) is 0 Å². The molecule has 0 unspecified atom stereocenters. The molecule has 0 spiro atoms. The number of carbonyl (C=O) groups is 1. The minimum atomic E-state index is -6.91. The van der Waals surface area contributed by atoms with Crippen LogP contribution in [0.4, 0.5) is 44.3 Å². The van der Waals surface area contributed by atoms with Gasteiger partial charge in [-0.15, -0.1) is 6.58 Å². The number of amides is 2. The van der Waals surface area contributed by atoms with Gasteiger partial charge in [0.2, 0.25) is 0 Å². The fraction of sp³-hybridized carbons (Fsp3) is 0.625. The van der Waals surface area contributed by atoms with Gasteiger partial charge in [-0.2, -0.15) is 39.5 Å². The van der Waals surface area contributed by atoms with Crippen molar-refractivity contribution < 1.29 is 44.3 Å². The van der Waals surface area contributed by atoms with Crippen molar-refractivity contribution in [3.63, 3.8) is 0 Å². The van der Waals surface area contributed by atoms with Crippen molar-refractivity contribution in [2.45, 2.75) is 75.1 Å². The predicted molar refractivity (Wildman–Crippen MR) is 116 cm³/mol. The molecular formula is C24H29F9N2O. The summed E-state index contributed by atoms with van der Waals surface area (Å²) in [5.74, 6) is -20.1. The van der Waals surface area contributed by atoms with Gasteiger partial charge in [0.1, 0.15) is 0 Å². The van der Waals surface area contributed by atoms with Crippen LogP contribution in [0.15, 0.2) is 43.0 Å². The fourth-order valence-corrected chi connectivity index (χ4v) is 4.37. The molecule has 36 heavy (non-hydrogen) atoms. The Hall–Kier alpha value is -2.40. The number of nitrogens with zero attached hydrogens (tertiary/aromatic N) is 2. The van der Waals surface area contributed by atoms with E-state index in [-0.39, 0.29) is 19.0 Å². The lowest BCUT2D eigenvalue weighted by atomic mass is 9.90. The molecule has 1 aromatic rings. The average molecular weight is 532 g/mol. The van der Waals surface area contributed by atoms with Gasteiger partial charge in [-0.1, -0.05) is 36.4 Å². The smallest absolute Gasteiger partial charge is 0.323 e. The van der Waals surface area contributed by atoms with Crippen LogP contribution in [0.1, 0.15) is 50.6 Å². The topological polar surface area (TPSA) is 23.6 Å². The van der Waals surface area contributed by atoms with E-state index in [1.165, 1.54) is 15.9 Å². The molecule has 0 aromatic heterocycles. The summed E-state index contributed by atoms with van der Waals surface area (Å²) in [6.45, 7) is 5.14. The summed E-state index contributed by atoms with van der Waals surface area (Å²) < 4.78 is 120. The van der Waals surface area contributed by atoms with Gasteiger partial charge in [0.15, 0.2) is 0 Å². The van der Waals surface area contributed by atoms with Gasteiger partial charge in [0.25, 0.3) is 0 Å². The average Bonchev–Trinajstić information content (AvgIpc) is 3.00. The van der Waals surface area contributed by atoms with Gasteiger partial charge in [-0.3, -0.25) is 0 Å². The molecule has 1 aliphatic heterocycles. The molecule has 204 valence electrons. The Kier molecular flexibility index (Phi) is 9.05. The molecule has 2 rings (SSSR count). The highest BCUT2D eigenvalue weighted by atomic mass is 19.4. The van der Waals surface area contributed by atoms with E-state index in [1.54, 1.807) is 44.3 Å². The molecule has 0 radical (unpaired) electrons. The predicted octanol–water partition coefficient (Wildman–Crippen LogP) is 7.70. The van der Waals surface area contributed by atoms with Crippen LogP contribution in [0.3, 0.4) is 0 Å². The molecule has 3 nitrogen and oxygen atoms in total. The Labute approximate surface area is 203 Å². The van der Waals surface area contributed by atoms with Crippen molar-refractivity contribution >= 4 is 6.03 Å². The first-order valence-electron chi connectivity index (χ1n) is 11.4. The normalized spacial score (nSPS) is 20.7. The minimum Gasteiger partial charge on any atom is -0.323 e. The van der Waals surface area contributed by atoms with E-state index < -0.39 is 54.8 Å². The summed E-state index contributed by atoms with van der Waals surface area (Å²) in [5.41, 5.74) is 0.745. The van der Waals surface area contributed by atoms with Crippen LogP contribution in [0, 0.1) is 5.92 Å². The van der Waals surface area contributed by atoms with E-state index in [1.807, 2.05) is 0 Å². The van der Waals surface area contributed by atoms with Gasteiger partial charge in [-0.25, -0.2) is 4.79 Å². The molecular weight excluding hydrogens is 503 g/mol. The zero-order valence-electron chi connectivity index (χ0n) is 19.9. The first-order valence-corrected chi connectivity index (χ1v) is 11.4. The Balaban J connectivity index is 2.28. The van der Waals surface area contributed by atoms with Gasteiger partial charge in [0, 0.05) is 20.0 Å². The zero-order valence-corrected chi connectivity index (χ0v) is 19.9. The Morgan fingerprint density at radius 1 is 0.972 bits per heavy atom. The van der Waals surface area contributed by atoms with Crippen molar-refractivity contribution in [1.29, 1.82) is 0 Å². The summed E-state index contributed by atoms with van der Waals surface area (Å²) in [7, 11) is 1.55. The van der Waals surface area contributed by atoms with Crippen LogP contribution in [0.25, 0.3) is 0 Å². The number of hydrogen-bond acceptors (Lipinski definition) is 1. The molecule has 12 heteroatoms. The van der Waals surface area contributed by atoms with Gasteiger partial charge in [0.05, 0.1) is 12.1 Å². The van der Waals surface area contributed by atoms with Crippen LogP contribution < -0.4 is 0 Å². The van der Waals surface area contributed by atoms with Gasteiger partial charge < -0.3 is 9.80 Å². The van der Waals surface area contributed by atoms with E-state index in [9.17, 15) is 44.3 Å². The molecule has 3 atom stereocenters. The molecule has 1 fully saturated rings. The molecule has 1 aromatic carbocycles. The summed E-state index contributed by atoms with van der Waals surface area (Å²) >= 11 is 0. The molecule has 0 saturated carbocycles. The molecule has 0 aliphatic carbocycles. The number of benzene rings is 1. The molecule has 1 heterocycles. The number of carbonyl (C=O) groups excluding carboxylic acids is 1. The number of rotatable bonds is 12. The van der Waals surface area contributed by atoms with Crippen molar-refractivity contribution in [2.75, 3.05) is 13.6 Å². The first kappa shape index (κ1) is 29.8. The third-order valence-corrected chi connectivity index (χ3v) is 6.64. The SMILES string of the molecule is C=CCCC[C@H](CCC(F)(F)C(F)(F)C(F)(F)C(F)(F)F)CN1C(=O)N(C)[C@@H](C)[C@H]1c1ccccc1. The summed E-state index contributed by atoms with van der Waals surface area (Å²) in [5, 5.41) is 0. The zero-order chi connectivity index (χ0) is 27.5. The summed E-state index contributed by atoms with van der Waals surface area (Å²) in [6, 6.07) is 7.51. The molecule has 0 N–H and O–H groups in total. The fourth-order valence-electron chi connectivity index (χ4n) is 4.37. The van der Waals surface area contributed by atoms with E-state index in [0.717, 1.165) is 5.56 Å². The molecule has 2 amide bonds. The lowest BCUT2D eigenvalue weighted by Crippen LogP contribution is -2.60. The van der Waals surface area contributed by atoms with E-state index >= 15 is 0 Å². The largest absolute Gasteiger partial charge is 0.460 e. The number of alkyl halides is 9. The maximum atomic E-state index is 14.2. The molecule has 1 saturated heterocycles. The van der Waals surface area contributed by atoms with Crippen LogP contribution in [-0.4, -0.2) is 59.4 Å². The van der Waals surface area contributed by atoms with E-state index in [2.05, 4.69) is 6.58 Å². The summed E-state index contributed by atoms with van der Waals surface area (Å²) in [6.07, 6.45) is -7.07. The molecule has 0 bridgehead atoms. The maximum absolute atomic E-state index is 14.2. The van der Waals surface area contributed by atoms with Crippen LogP contribution in [0.2, 0.25) is 0 Å². The minimum absolute atomic E-state index is 0.146. The number of unbranched alkanes of at least 4 members (excludes halogenated alkanes) is 1. The lowest BCUT2D eigenvalue weighted by molar-refractivity contribution is -0.397. The number of hydrogen-bond donors (Lipinski definition) is 0. The second-order valence-corrected chi connectivity index (χ2v) is 9.12. The van der Waals surface area contributed by atoms with Crippen LogP contribution >= 0.6 is 0 Å². The summed E-state index contributed by atoms with van der Waals surface area (Å²) in [4.78, 5) is 15.7. The number of halogens is 9. The van der Waals surface area contributed by atoms with Crippen molar-refractivity contribution in [3.05, 3.63) is 48.6 Å². The Morgan fingerprint density at radius 2 is 1.56 bits per heavy atom. The monoisotopic (exact) mass is 532 g/mol. The third-order valence-electron chi connectivity index (χ3n) is 6.64. The highest BCUT2D eigenvalue weighted by molar-refractivity contribution is 5.78. The van der Waals surface area contributed by atoms with Crippen LogP contribution in [0.5, 0.6) is 0 Å². The number of urea groups is 1. The highest BCUT2D eigenvalue weighted by Crippen LogP contribution is 2.54. The van der Waals surface area contributed by atoms with Crippen LogP contribution in [-0.2, 0) is 0 Å². The van der Waals surface area contributed by atoms with Crippen molar-refractivity contribution in [3.8, 4) is 0 Å². The van der Waals surface area contributed by atoms with Crippen molar-refractivity contribution in [1.82, 2.24) is 9.80 Å². The highest BCUT2D eigenvalue weighted by Gasteiger charge is 2.81.